The van der Waals surface area contributed by atoms with Crippen molar-refractivity contribution in [2.45, 2.75) is 39.2 Å². The maximum atomic E-state index is 6.11. The lowest BCUT2D eigenvalue weighted by atomic mass is 10.2. The topological polar surface area (TPSA) is 35.0 Å². The molecule has 0 saturated heterocycles. The van der Waals surface area contributed by atoms with Gasteiger partial charge in [0.25, 0.3) is 0 Å². The Balaban J connectivity index is 2.30. The van der Waals surface area contributed by atoms with E-state index in [1.165, 1.54) is 12.8 Å². The van der Waals surface area contributed by atoms with E-state index in [9.17, 15) is 0 Å². The number of ether oxygens (including phenoxy) is 1. The summed E-state index contributed by atoms with van der Waals surface area (Å²) in [5.74, 6) is 1.15. The second kappa shape index (κ2) is 5.51. The first-order valence-electron chi connectivity index (χ1n) is 6.00. The molecule has 2 rings (SSSR count). The van der Waals surface area contributed by atoms with Crippen molar-refractivity contribution in [3.05, 3.63) is 21.7 Å². The fourth-order valence-electron chi connectivity index (χ4n) is 1.87. The van der Waals surface area contributed by atoms with E-state index in [0.29, 0.717) is 28.7 Å². The molecule has 0 aliphatic heterocycles. The summed E-state index contributed by atoms with van der Waals surface area (Å²) in [6, 6.07) is 0. The van der Waals surface area contributed by atoms with E-state index in [0.717, 1.165) is 12.0 Å². The van der Waals surface area contributed by atoms with Gasteiger partial charge in [0.05, 0.1) is 0 Å². The Morgan fingerprint density at radius 2 is 1.82 bits per heavy atom. The number of hydrogen-bond acceptors (Lipinski definition) is 3. The number of rotatable bonds is 5. The molecule has 1 aliphatic carbocycles. The molecular formula is C12H16Cl2N2O. The third-order valence-corrected chi connectivity index (χ3v) is 3.55. The summed E-state index contributed by atoms with van der Waals surface area (Å²) >= 11 is 12.2. The average molecular weight is 275 g/mol. The number of nitrogens with zero attached hydrogens (tertiary/aromatic N) is 2. The lowest BCUT2D eigenvalue weighted by Gasteiger charge is -2.16. The highest BCUT2D eigenvalue weighted by Gasteiger charge is 2.35. The third-order valence-electron chi connectivity index (χ3n) is 2.93. The summed E-state index contributed by atoms with van der Waals surface area (Å²) in [5, 5.41) is 0.903. The predicted octanol–water partition coefficient (Wildman–Crippen LogP) is 3.83. The quantitative estimate of drug-likeness (QED) is 0.766. The first-order valence-corrected chi connectivity index (χ1v) is 6.76. The summed E-state index contributed by atoms with van der Waals surface area (Å²) in [4.78, 5) is 8.66. The average Bonchev–Trinajstić information content (AvgIpc) is 3.09. The van der Waals surface area contributed by atoms with Gasteiger partial charge >= 0.3 is 0 Å². The zero-order valence-electron chi connectivity index (χ0n) is 10.0. The zero-order chi connectivity index (χ0) is 12.4. The lowest BCUT2D eigenvalue weighted by molar-refractivity contribution is 0.0400. The Bertz CT molecular complexity index is 384. The van der Waals surface area contributed by atoms with Crippen LogP contribution in [0, 0.1) is 5.92 Å². The highest BCUT2D eigenvalue weighted by Crippen LogP contribution is 2.42. The van der Waals surface area contributed by atoms with Gasteiger partial charge in [-0.25, -0.2) is 9.97 Å². The van der Waals surface area contributed by atoms with Crippen molar-refractivity contribution in [2.75, 3.05) is 6.61 Å². The molecule has 0 amide bonds. The van der Waals surface area contributed by atoms with Gasteiger partial charge in [-0.05, 0) is 32.1 Å². The minimum Gasteiger partial charge on any atom is -0.370 e. The lowest BCUT2D eigenvalue weighted by Crippen LogP contribution is -2.12. The first kappa shape index (κ1) is 13.1. The molecule has 0 spiro atoms. The van der Waals surface area contributed by atoms with Gasteiger partial charge in [-0.3, -0.25) is 0 Å². The van der Waals surface area contributed by atoms with E-state index in [2.05, 4.69) is 9.97 Å². The predicted molar refractivity (Wildman–Crippen MR) is 68.5 cm³/mol. The number of halogens is 2. The van der Waals surface area contributed by atoms with Crippen molar-refractivity contribution in [3.8, 4) is 0 Å². The minimum absolute atomic E-state index is 0.0547. The van der Waals surface area contributed by atoms with Crippen LogP contribution in [0.15, 0.2) is 0 Å². The number of aromatic nitrogens is 2. The van der Waals surface area contributed by atoms with Crippen LogP contribution in [0.2, 0.25) is 10.3 Å². The maximum absolute atomic E-state index is 6.11. The molecule has 1 unspecified atom stereocenters. The second-order valence-corrected chi connectivity index (χ2v) is 4.92. The summed E-state index contributed by atoms with van der Waals surface area (Å²) in [5.41, 5.74) is 0.808. The SMILES string of the molecule is CCOC(c1nc(Cl)c(CC)c(Cl)n1)C1CC1. The Kier molecular flexibility index (Phi) is 4.23. The molecule has 1 aliphatic rings. The molecule has 1 saturated carbocycles. The first-order chi connectivity index (χ1) is 8.17. The molecule has 94 valence electrons. The van der Waals surface area contributed by atoms with Crippen molar-refractivity contribution in [1.82, 2.24) is 9.97 Å². The molecular weight excluding hydrogens is 259 g/mol. The van der Waals surface area contributed by atoms with Crippen LogP contribution in [0.5, 0.6) is 0 Å². The van der Waals surface area contributed by atoms with E-state index in [4.69, 9.17) is 27.9 Å². The molecule has 17 heavy (non-hydrogen) atoms. The summed E-state index contributed by atoms with van der Waals surface area (Å²) in [7, 11) is 0. The van der Waals surface area contributed by atoms with Crippen LogP contribution in [0.25, 0.3) is 0 Å². The minimum atomic E-state index is -0.0547. The second-order valence-electron chi connectivity index (χ2n) is 4.21. The summed E-state index contributed by atoms with van der Waals surface area (Å²) in [6.07, 6.45) is 3.01. The van der Waals surface area contributed by atoms with E-state index in [1.807, 2.05) is 13.8 Å². The van der Waals surface area contributed by atoms with Crippen LogP contribution in [-0.2, 0) is 11.2 Å². The molecule has 5 heteroatoms. The van der Waals surface area contributed by atoms with Crippen LogP contribution < -0.4 is 0 Å². The van der Waals surface area contributed by atoms with Gasteiger partial charge in [-0.1, -0.05) is 30.1 Å². The Hall–Kier alpha value is -0.380. The molecule has 0 aromatic carbocycles. The largest absolute Gasteiger partial charge is 0.370 e. The van der Waals surface area contributed by atoms with Crippen molar-refractivity contribution in [3.63, 3.8) is 0 Å². The van der Waals surface area contributed by atoms with E-state index >= 15 is 0 Å². The van der Waals surface area contributed by atoms with Crippen molar-refractivity contribution >= 4 is 23.2 Å². The standard InChI is InChI=1S/C12H16Cl2N2O/c1-3-8-10(13)15-12(16-11(8)14)9(17-4-2)7-5-6-7/h7,9H,3-6H2,1-2H3. The Morgan fingerprint density at radius 1 is 1.24 bits per heavy atom. The molecule has 0 N–H and O–H groups in total. The van der Waals surface area contributed by atoms with Gasteiger partial charge in [0.2, 0.25) is 0 Å². The maximum Gasteiger partial charge on any atom is 0.160 e. The van der Waals surface area contributed by atoms with Gasteiger partial charge < -0.3 is 4.74 Å². The molecule has 1 aromatic heterocycles. The fraction of sp³-hybridized carbons (Fsp3) is 0.667. The molecule has 3 nitrogen and oxygen atoms in total. The van der Waals surface area contributed by atoms with Crippen molar-refractivity contribution in [2.24, 2.45) is 5.92 Å². The van der Waals surface area contributed by atoms with E-state index < -0.39 is 0 Å². The van der Waals surface area contributed by atoms with Crippen LogP contribution in [0.1, 0.15) is 44.2 Å². The smallest absolute Gasteiger partial charge is 0.160 e. The van der Waals surface area contributed by atoms with Gasteiger partial charge in [0.1, 0.15) is 16.4 Å². The van der Waals surface area contributed by atoms with Gasteiger partial charge in [-0.2, -0.15) is 0 Å². The van der Waals surface area contributed by atoms with Gasteiger partial charge in [0.15, 0.2) is 5.82 Å². The monoisotopic (exact) mass is 274 g/mol. The molecule has 1 atom stereocenters. The van der Waals surface area contributed by atoms with Crippen molar-refractivity contribution < 1.29 is 4.74 Å². The van der Waals surface area contributed by atoms with E-state index in [1.54, 1.807) is 0 Å². The molecule has 1 fully saturated rings. The molecule has 0 radical (unpaired) electrons. The Morgan fingerprint density at radius 3 is 2.24 bits per heavy atom. The molecule has 1 heterocycles. The van der Waals surface area contributed by atoms with Gasteiger partial charge in [-0.15, -0.1) is 0 Å². The van der Waals surface area contributed by atoms with Crippen LogP contribution >= 0.6 is 23.2 Å². The van der Waals surface area contributed by atoms with Crippen LogP contribution in [-0.4, -0.2) is 16.6 Å². The normalized spacial score (nSPS) is 17.2. The zero-order valence-corrected chi connectivity index (χ0v) is 11.6. The summed E-state index contributed by atoms with van der Waals surface area (Å²) < 4.78 is 5.69. The highest BCUT2D eigenvalue weighted by molar-refractivity contribution is 6.34. The van der Waals surface area contributed by atoms with Crippen LogP contribution in [0.4, 0.5) is 0 Å². The summed E-state index contributed by atoms with van der Waals surface area (Å²) in [6.45, 7) is 4.60. The highest BCUT2D eigenvalue weighted by atomic mass is 35.5. The molecule has 0 bridgehead atoms. The Labute approximate surface area is 112 Å². The fourth-order valence-corrected chi connectivity index (χ4v) is 2.53. The molecule has 1 aromatic rings. The van der Waals surface area contributed by atoms with Crippen LogP contribution in [0.3, 0.4) is 0 Å². The number of hydrogen-bond donors (Lipinski definition) is 0. The van der Waals surface area contributed by atoms with E-state index in [-0.39, 0.29) is 6.10 Å². The van der Waals surface area contributed by atoms with Crippen molar-refractivity contribution in [1.29, 1.82) is 0 Å². The van der Waals surface area contributed by atoms with Gasteiger partial charge in [0, 0.05) is 12.2 Å². The third kappa shape index (κ3) is 2.90.